The number of alkyl halides is 6. The molecule has 0 aromatic heterocycles. The number of nitrogens with zero attached hydrogens (tertiary/aromatic N) is 1. The summed E-state index contributed by atoms with van der Waals surface area (Å²) in [5.74, 6) is -3.51. The lowest BCUT2D eigenvalue weighted by Gasteiger charge is -2.23. The van der Waals surface area contributed by atoms with E-state index in [1.54, 1.807) is 0 Å². The van der Waals surface area contributed by atoms with Crippen LogP contribution in [0.4, 0.5) is 30.7 Å². The van der Waals surface area contributed by atoms with Crippen molar-refractivity contribution in [3.63, 3.8) is 0 Å². The standard InChI is InChI=1S/C16H12F7N5/c17-11-6-9(16(25)26-13(24)27-28-16)5-10(15(21,22)23)12(11)7-1-3-8(4-2-7)14(18,19)20/h1-6,28H,25H2,(H3,24,26,27). The summed E-state index contributed by atoms with van der Waals surface area (Å²) < 4.78 is 93.4. The molecule has 0 amide bonds. The van der Waals surface area contributed by atoms with E-state index in [4.69, 9.17) is 11.5 Å². The van der Waals surface area contributed by atoms with Crippen molar-refractivity contribution in [3.05, 3.63) is 58.9 Å². The molecule has 1 atom stereocenters. The van der Waals surface area contributed by atoms with Gasteiger partial charge in [-0.3, -0.25) is 11.2 Å². The Morgan fingerprint density at radius 3 is 2.00 bits per heavy atom. The Morgan fingerprint density at radius 1 is 0.929 bits per heavy atom. The fourth-order valence-corrected chi connectivity index (χ4v) is 2.71. The summed E-state index contributed by atoms with van der Waals surface area (Å²) >= 11 is 0. The van der Waals surface area contributed by atoms with Crippen LogP contribution in [0.2, 0.25) is 0 Å². The number of rotatable bonds is 2. The molecule has 6 N–H and O–H groups in total. The highest BCUT2D eigenvalue weighted by atomic mass is 19.4. The number of guanidine groups is 1. The molecule has 1 heterocycles. The third kappa shape index (κ3) is 3.60. The van der Waals surface area contributed by atoms with Gasteiger partial charge in [0.15, 0.2) is 0 Å². The Bertz CT molecular complexity index is 934. The summed E-state index contributed by atoms with van der Waals surface area (Å²) in [6, 6.07) is 3.94. The van der Waals surface area contributed by atoms with Crippen LogP contribution in [-0.2, 0) is 18.1 Å². The molecule has 3 rings (SSSR count). The second-order valence-corrected chi connectivity index (χ2v) is 5.97. The van der Waals surface area contributed by atoms with Gasteiger partial charge < -0.3 is 5.73 Å². The highest BCUT2D eigenvalue weighted by Gasteiger charge is 2.40. The fraction of sp³-hybridized carbons (Fsp3) is 0.188. The van der Waals surface area contributed by atoms with Crippen molar-refractivity contribution in [2.75, 3.05) is 0 Å². The van der Waals surface area contributed by atoms with Crippen LogP contribution < -0.4 is 22.3 Å². The van der Waals surface area contributed by atoms with E-state index < -0.39 is 40.6 Å². The third-order valence-corrected chi connectivity index (χ3v) is 4.01. The van der Waals surface area contributed by atoms with Gasteiger partial charge in [0.05, 0.1) is 11.1 Å². The van der Waals surface area contributed by atoms with Crippen LogP contribution >= 0.6 is 0 Å². The lowest BCUT2D eigenvalue weighted by atomic mass is 9.94. The Hall–Kier alpha value is -2.86. The number of hydrazine groups is 1. The zero-order chi connectivity index (χ0) is 20.9. The molecule has 150 valence electrons. The summed E-state index contributed by atoms with van der Waals surface area (Å²) in [6.07, 6.45) is -9.70. The second kappa shape index (κ2) is 6.34. The van der Waals surface area contributed by atoms with Crippen LogP contribution in [0.3, 0.4) is 0 Å². The van der Waals surface area contributed by atoms with Crippen LogP contribution in [0.1, 0.15) is 16.7 Å². The molecule has 12 heteroatoms. The molecule has 0 radical (unpaired) electrons. The normalized spacial score (nSPS) is 20.1. The van der Waals surface area contributed by atoms with E-state index in [-0.39, 0.29) is 17.1 Å². The molecule has 0 spiro atoms. The van der Waals surface area contributed by atoms with Crippen molar-refractivity contribution in [2.24, 2.45) is 16.5 Å². The van der Waals surface area contributed by atoms with E-state index in [9.17, 15) is 30.7 Å². The summed E-state index contributed by atoms with van der Waals surface area (Å²) in [6.45, 7) is 0. The Labute approximate surface area is 153 Å². The molecule has 0 fully saturated rings. The Balaban J connectivity index is 2.17. The van der Waals surface area contributed by atoms with E-state index in [1.165, 1.54) is 0 Å². The van der Waals surface area contributed by atoms with Gasteiger partial charge in [0.25, 0.3) is 0 Å². The number of hydrogen-bond donors (Lipinski definition) is 4. The van der Waals surface area contributed by atoms with Crippen molar-refractivity contribution in [3.8, 4) is 11.1 Å². The first-order valence-electron chi connectivity index (χ1n) is 7.57. The molecule has 2 aromatic rings. The van der Waals surface area contributed by atoms with Gasteiger partial charge in [-0.05, 0) is 29.8 Å². The average Bonchev–Trinajstić information content (AvgIpc) is 2.93. The Kier molecular flexibility index (Phi) is 4.51. The zero-order valence-corrected chi connectivity index (χ0v) is 13.7. The minimum atomic E-state index is -5.02. The molecular formula is C16H12F7N5. The van der Waals surface area contributed by atoms with Gasteiger partial charge in [0.1, 0.15) is 5.82 Å². The maximum absolute atomic E-state index is 14.7. The number of nitrogens with one attached hydrogen (secondary N) is 2. The molecule has 0 saturated carbocycles. The molecule has 0 aliphatic carbocycles. The van der Waals surface area contributed by atoms with Gasteiger partial charge in [0.2, 0.25) is 11.7 Å². The van der Waals surface area contributed by atoms with Crippen molar-refractivity contribution >= 4 is 5.96 Å². The smallest absolute Gasteiger partial charge is 0.369 e. The monoisotopic (exact) mass is 407 g/mol. The van der Waals surface area contributed by atoms with Crippen LogP contribution in [-0.4, -0.2) is 5.96 Å². The van der Waals surface area contributed by atoms with Gasteiger partial charge in [-0.25, -0.2) is 9.38 Å². The molecular weight excluding hydrogens is 395 g/mol. The van der Waals surface area contributed by atoms with Gasteiger partial charge in [-0.1, -0.05) is 12.1 Å². The summed E-state index contributed by atoms with van der Waals surface area (Å²) in [5.41, 5.74) is 11.6. The number of halogens is 7. The lowest BCUT2D eigenvalue weighted by molar-refractivity contribution is -0.138. The van der Waals surface area contributed by atoms with Crippen LogP contribution in [0.25, 0.3) is 11.1 Å². The number of aliphatic imine (C=N–C) groups is 1. The van der Waals surface area contributed by atoms with Gasteiger partial charge >= 0.3 is 12.4 Å². The van der Waals surface area contributed by atoms with Crippen LogP contribution in [0, 0.1) is 5.82 Å². The second-order valence-electron chi connectivity index (χ2n) is 5.97. The largest absolute Gasteiger partial charge is 0.417 e. The SMILES string of the molecule is NC1=NC(N)(c2cc(F)c(-c3ccc(C(F)(F)F)cc3)c(C(F)(F)F)c2)NN1. The Morgan fingerprint density at radius 2 is 1.54 bits per heavy atom. The fourth-order valence-electron chi connectivity index (χ4n) is 2.71. The predicted octanol–water partition coefficient (Wildman–Crippen LogP) is 3.02. The zero-order valence-electron chi connectivity index (χ0n) is 13.7. The minimum absolute atomic E-state index is 0.219. The molecule has 28 heavy (non-hydrogen) atoms. The molecule has 1 aliphatic heterocycles. The third-order valence-electron chi connectivity index (χ3n) is 4.01. The van der Waals surface area contributed by atoms with E-state index in [2.05, 4.69) is 15.8 Å². The predicted molar refractivity (Wildman–Crippen MR) is 85.6 cm³/mol. The van der Waals surface area contributed by atoms with Crippen LogP contribution in [0.15, 0.2) is 41.4 Å². The number of hydrogen-bond acceptors (Lipinski definition) is 5. The van der Waals surface area contributed by atoms with E-state index in [0.29, 0.717) is 24.3 Å². The number of benzene rings is 2. The van der Waals surface area contributed by atoms with Crippen molar-refractivity contribution in [2.45, 2.75) is 18.1 Å². The first-order valence-corrected chi connectivity index (χ1v) is 7.57. The maximum Gasteiger partial charge on any atom is 0.417 e. The minimum Gasteiger partial charge on any atom is -0.369 e. The average molecular weight is 407 g/mol. The van der Waals surface area contributed by atoms with Crippen LogP contribution in [0.5, 0.6) is 0 Å². The molecule has 0 bridgehead atoms. The van der Waals surface area contributed by atoms with Gasteiger partial charge in [0, 0.05) is 11.1 Å². The van der Waals surface area contributed by atoms with E-state index in [1.807, 2.05) is 0 Å². The molecule has 2 aromatic carbocycles. The van der Waals surface area contributed by atoms with Crippen molar-refractivity contribution < 1.29 is 30.7 Å². The number of nitrogens with two attached hydrogens (primary N) is 2. The van der Waals surface area contributed by atoms with Crippen molar-refractivity contribution in [1.82, 2.24) is 10.9 Å². The molecule has 1 unspecified atom stereocenters. The first-order chi connectivity index (χ1) is 12.8. The highest BCUT2D eigenvalue weighted by molar-refractivity contribution is 5.79. The topological polar surface area (TPSA) is 88.5 Å². The summed E-state index contributed by atoms with van der Waals surface area (Å²) in [7, 11) is 0. The molecule has 1 aliphatic rings. The summed E-state index contributed by atoms with van der Waals surface area (Å²) in [4.78, 5) is 3.69. The highest BCUT2D eigenvalue weighted by Crippen LogP contribution is 2.41. The molecule has 0 saturated heterocycles. The van der Waals surface area contributed by atoms with Gasteiger partial charge in [-0.2, -0.15) is 31.8 Å². The van der Waals surface area contributed by atoms with Crippen molar-refractivity contribution in [1.29, 1.82) is 0 Å². The van der Waals surface area contributed by atoms with E-state index >= 15 is 0 Å². The maximum atomic E-state index is 14.7. The van der Waals surface area contributed by atoms with Gasteiger partial charge in [-0.15, -0.1) is 0 Å². The first kappa shape index (κ1) is 19.9. The molecule has 5 nitrogen and oxygen atoms in total. The quantitative estimate of drug-likeness (QED) is 0.577. The summed E-state index contributed by atoms with van der Waals surface area (Å²) in [5, 5.41) is 0. The lowest BCUT2D eigenvalue weighted by Crippen LogP contribution is -2.50. The van der Waals surface area contributed by atoms with E-state index in [0.717, 1.165) is 12.1 Å².